The van der Waals surface area contributed by atoms with Gasteiger partial charge in [0.15, 0.2) is 16.6 Å². The predicted molar refractivity (Wildman–Crippen MR) is 106 cm³/mol. The molecule has 2 aromatic rings. The summed E-state index contributed by atoms with van der Waals surface area (Å²) in [4.78, 5) is 33.3. The zero-order chi connectivity index (χ0) is 19.8. The van der Waals surface area contributed by atoms with Crippen molar-refractivity contribution in [2.24, 2.45) is 0 Å². The molecule has 1 N–H and O–H groups in total. The summed E-state index contributed by atoms with van der Waals surface area (Å²) in [6, 6.07) is 5.08. The molecule has 1 atom stereocenters. The SMILES string of the molecule is O=C(Nc1nc2c(s1)CCCC2C(=O)N1CCOCC1)c1ccc2c(c1)OCO2. The molecule has 5 rings (SSSR count). The lowest BCUT2D eigenvalue weighted by Crippen LogP contribution is -2.43. The minimum Gasteiger partial charge on any atom is -0.454 e. The maximum atomic E-state index is 13.0. The third-order valence-corrected chi connectivity index (χ3v) is 6.48. The minimum atomic E-state index is -0.259. The van der Waals surface area contributed by atoms with Crippen LogP contribution < -0.4 is 14.8 Å². The van der Waals surface area contributed by atoms with Crippen LogP contribution >= 0.6 is 11.3 Å². The quantitative estimate of drug-likeness (QED) is 0.828. The molecule has 8 nitrogen and oxygen atoms in total. The Hall–Kier alpha value is -2.65. The molecular weight excluding hydrogens is 394 g/mol. The number of hydrogen-bond donors (Lipinski definition) is 1. The van der Waals surface area contributed by atoms with Crippen molar-refractivity contribution in [2.75, 3.05) is 38.4 Å². The number of benzene rings is 1. The van der Waals surface area contributed by atoms with Gasteiger partial charge in [-0.1, -0.05) is 0 Å². The number of ether oxygens (including phenoxy) is 3. The Kier molecular flexibility index (Phi) is 4.84. The molecule has 0 spiro atoms. The molecule has 3 heterocycles. The van der Waals surface area contributed by atoms with Crippen LogP contribution in [0.15, 0.2) is 18.2 Å². The van der Waals surface area contributed by atoms with Gasteiger partial charge in [0.1, 0.15) is 0 Å². The Morgan fingerprint density at radius 3 is 2.86 bits per heavy atom. The molecule has 1 aromatic heterocycles. The van der Waals surface area contributed by atoms with E-state index in [4.69, 9.17) is 14.2 Å². The molecule has 1 aromatic carbocycles. The minimum absolute atomic E-state index is 0.119. The van der Waals surface area contributed by atoms with Gasteiger partial charge >= 0.3 is 0 Å². The van der Waals surface area contributed by atoms with Crippen molar-refractivity contribution in [1.82, 2.24) is 9.88 Å². The fraction of sp³-hybridized carbons (Fsp3) is 0.450. The number of anilines is 1. The number of thiazole rings is 1. The van der Waals surface area contributed by atoms with E-state index in [2.05, 4.69) is 10.3 Å². The Morgan fingerprint density at radius 1 is 1.17 bits per heavy atom. The van der Waals surface area contributed by atoms with Crippen LogP contribution in [-0.4, -0.2) is 54.8 Å². The summed E-state index contributed by atoms with van der Waals surface area (Å²) in [7, 11) is 0. The zero-order valence-electron chi connectivity index (χ0n) is 15.8. The topological polar surface area (TPSA) is 90.0 Å². The lowest BCUT2D eigenvalue weighted by molar-refractivity contribution is -0.137. The largest absolute Gasteiger partial charge is 0.454 e. The number of nitrogens with zero attached hydrogens (tertiary/aromatic N) is 2. The second-order valence-corrected chi connectivity index (χ2v) is 8.32. The number of morpholine rings is 1. The van der Waals surface area contributed by atoms with E-state index in [0.717, 1.165) is 29.8 Å². The van der Waals surface area contributed by atoms with Gasteiger partial charge in [0.2, 0.25) is 12.7 Å². The molecule has 152 valence electrons. The predicted octanol–water partition coefficient (Wildman–Crippen LogP) is 2.40. The van der Waals surface area contributed by atoms with Gasteiger partial charge in [0.25, 0.3) is 5.91 Å². The number of carbonyl (C=O) groups is 2. The second-order valence-electron chi connectivity index (χ2n) is 7.23. The number of amides is 2. The number of fused-ring (bicyclic) bond motifs is 2. The van der Waals surface area contributed by atoms with Crippen LogP contribution in [0, 0.1) is 0 Å². The number of rotatable bonds is 3. The first-order valence-electron chi connectivity index (χ1n) is 9.76. The van der Waals surface area contributed by atoms with E-state index in [1.54, 1.807) is 18.2 Å². The maximum absolute atomic E-state index is 13.0. The van der Waals surface area contributed by atoms with Gasteiger partial charge < -0.3 is 19.1 Å². The summed E-state index contributed by atoms with van der Waals surface area (Å²) in [6.07, 6.45) is 2.63. The molecule has 0 bridgehead atoms. The standard InChI is InChI=1S/C20H21N3O5S/c24-18(12-4-5-14-15(10-12)28-11-27-14)22-20-21-17-13(2-1-3-16(17)29-20)19(25)23-6-8-26-9-7-23/h4-5,10,13H,1-3,6-9,11H2,(H,21,22,24). The Bertz CT molecular complexity index is 954. The molecule has 0 radical (unpaired) electrons. The highest BCUT2D eigenvalue weighted by Gasteiger charge is 2.34. The van der Waals surface area contributed by atoms with E-state index in [-0.39, 0.29) is 24.5 Å². The fourth-order valence-electron chi connectivity index (χ4n) is 3.92. The van der Waals surface area contributed by atoms with Gasteiger partial charge in [0.05, 0.1) is 24.8 Å². The second kappa shape index (κ2) is 7.64. The first-order valence-corrected chi connectivity index (χ1v) is 10.6. The van der Waals surface area contributed by atoms with E-state index < -0.39 is 0 Å². The number of aromatic nitrogens is 1. The normalized spacial score (nSPS) is 20.3. The molecule has 3 aliphatic rings. The van der Waals surface area contributed by atoms with E-state index in [1.807, 2.05) is 4.90 Å². The van der Waals surface area contributed by atoms with Gasteiger partial charge in [0, 0.05) is 23.5 Å². The van der Waals surface area contributed by atoms with Gasteiger partial charge in [-0.15, -0.1) is 11.3 Å². The average molecular weight is 415 g/mol. The summed E-state index contributed by atoms with van der Waals surface area (Å²) >= 11 is 1.46. The lowest BCUT2D eigenvalue weighted by Gasteiger charge is -2.31. The van der Waals surface area contributed by atoms with Crippen LogP contribution in [0.5, 0.6) is 11.5 Å². The van der Waals surface area contributed by atoms with Crippen molar-refractivity contribution < 1.29 is 23.8 Å². The first-order chi connectivity index (χ1) is 14.2. The Morgan fingerprint density at radius 2 is 2.00 bits per heavy atom. The van der Waals surface area contributed by atoms with Crippen LogP contribution in [0.25, 0.3) is 0 Å². The number of nitrogens with one attached hydrogen (secondary N) is 1. The highest BCUT2D eigenvalue weighted by Crippen LogP contribution is 2.38. The summed E-state index contributed by atoms with van der Waals surface area (Å²) in [5.74, 6) is 0.825. The molecule has 2 amide bonds. The summed E-state index contributed by atoms with van der Waals surface area (Å²) in [5.41, 5.74) is 1.29. The molecule has 1 aliphatic carbocycles. The summed E-state index contributed by atoms with van der Waals surface area (Å²) in [5, 5.41) is 3.40. The first kappa shape index (κ1) is 18.4. The molecule has 29 heavy (non-hydrogen) atoms. The van der Waals surface area contributed by atoms with Crippen molar-refractivity contribution in [3.8, 4) is 11.5 Å². The van der Waals surface area contributed by atoms with E-state index in [0.29, 0.717) is 48.5 Å². The smallest absolute Gasteiger partial charge is 0.257 e. The number of carbonyl (C=O) groups excluding carboxylic acids is 2. The molecule has 9 heteroatoms. The highest BCUT2D eigenvalue weighted by atomic mass is 32.1. The van der Waals surface area contributed by atoms with Crippen LogP contribution in [0.3, 0.4) is 0 Å². The van der Waals surface area contributed by atoms with Crippen LogP contribution in [-0.2, 0) is 16.0 Å². The van der Waals surface area contributed by atoms with Gasteiger partial charge in [-0.25, -0.2) is 4.98 Å². The van der Waals surface area contributed by atoms with Crippen LogP contribution in [0.4, 0.5) is 5.13 Å². The molecular formula is C20H21N3O5S. The average Bonchev–Trinajstić information content (AvgIpc) is 3.39. The van der Waals surface area contributed by atoms with Gasteiger partial charge in [-0.2, -0.15) is 0 Å². The third kappa shape index (κ3) is 3.56. The molecule has 2 aliphatic heterocycles. The van der Waals surface area contributed by atoms with Gasteiger partial charge in [-0.3, -0.25) is 14.9 Å². The fourth-order valence-corrected chi connectivity index (χ4v) is 4.98. The van der Waals surface area contributed by atoms with Gasteiger partial charge in [-0.05, 0) is 37.5 Å². The lowest BCUT2D eigenvalue weighted by atomic mass is 9.90. The molecule has 1 saturated heterocycles. The Labute approximate surface area is 171 Å². The van der Waals surface area contributed by atoms with Crippen molar-refractivity contribution in [3.63, 3.8) is 0 Å². The molecule has 1 unspecified atom stereocenters. The summed E-state index contributed by atoms with van der Waals surface area (Å²) < 4.78 is 16.0. The maximum Gasteiger partial charge on any atom is 0.257 e. The third-order valence-electron chi connectivity index (χ3n) is 5.43. The summed E-state index contributed by atoms with van der Waals surface area (Å²) in [6.45, 7) is 2.58. The highest BCUT2D eigenvalue weighted by molar-refractivity contribution is 7.16. The number of aryl methyl sites for hydroxylation is 1. The van der Waals surface area contributed by atoms with E-state index >= 15 is 0 Å². The van der Waals surface area contributed by atoms with E-state index in [9.17, 15) is 9.59 Å². The van der Waals surface area contributed by atoms with Crippen molar-refractivity contribution in [2.45, 2.75) is 25.2 Å². The van der Waals surface area contributed by atoms with Crippen molar-refractivity contribution >= 4 is 28.3 Å². The molecule has 1 fully saturated rings. The zero-order valence-corrected chi connectivity index (χ0v) is 16.6. The van der Waals surface area contributed by atoms with E-state index in [1.165, 1.54) is 11.3 Å². The van der Waals surface area contributed by atoms with Crippen LogP contribution in [0.1, 0.15) is 39.7 Å². The number of hydrogen-bond acceptors (Lipinski definition) is 7. The Balaban J connectivity index is 1.33. The monoisotopic (exact) mass is 415 g/mol. The van der Waals surface area contributed by atoms with Crippen molar-refractivity contribution in [3.05, 3.63) is 34.3 Å². The van der Waals surface area contributed by atoms with Crippen molar-refractivity contribution in [1.29, 1.82) is 0 Å². The van der Waals surface area contributed by atoms with Crippen LogP contribution in [0.2, 0.25) is 0 Å². The molecule has 0 saturated carbocycles.